The number of hydrogen-bond acceptors (Lipinski definition) is 6. The van der Waals surface area contributed by atoms with Gasteiger partial charge in [0.1, 0.15) is 17.0 Å². The summed E-state index contributed by atoms with van der Waals surface area (Å²) in [4.78, 5) is 16.7. The van der Waals surface area contributed by atoms with Crippen molar-refractivity contribution in [1.82, 2.24) is 15.0 Å². The highest BCUT2D eigenvalue weighted by Gasteiger charge is 2.13. The summed E-state index contributed by atoms with van der Waals surface area (Å²) in [5.74, 6) is 0.848. The molecule has 0 saturated heterocycles. The Morgan fingerprint density at radius 2 is 1.79 bits per heavy atom. The van der Waals surface area contributed by atoms with Gasteiger partial charge in [-0.15, -0.1) is 22.7 Å². The maximum atomic E-state index is 4.50. The maximum absolute atomic E-state index is 4.50. The molecule has 3 rings (SSSR count). The van der Waals surface area contributed by atoms with Gasteiger partial charge >= 0.3 is 0 Å². The average molecular weight is 290 g/mol. The molecule has 0 amide bonds. The van der Waals surface area contributed by atoms with Gasteiger partial charge in [0.2, 0.25) is 0 Å². The van der Waals surface area contributed by atoms with Crippen LogP contribution in [-0.2, 0) is 0 Å². The van der Waals surface area contributed by atoms with Crippen LogP contribution in [0.15, 0.2) is 6.33 Å². The quantitative estimate of drug-likeness (QED) is 0.771. The van der Waals surface area contributed by atoms with Crippen LogP contribution in [-0.4, -0.2) is 15.0 Å². The van der Waals surface area contributed by atoms with Gasteiger partial charge in [-0.1, -0.05) is 0 Å². The summed E-state index contributed by atoms with van der Waals surface area (Å²) in [6.45, 7) is 8.32. The van der Waals surface area contributed by atoms with E-state index in [4.69, 9.17) is 0 Å². The van der Waals surface area contributed by atoms with Crippen LogP contribution in [0.1, 0.15) is 21.0 Å². The Hall–Kier alpha value is -1.53. The fourth-order valence-corrected chi connectivity index (χ4v) is 3.72. The number of rotatable bonds is 2. The smallest absolute Gasteiger partial charge is 0.188 e. The largest absolute Gasteiger partial charge is 0.316 e. The minimum Gasteiger partial charge on any atom is -0.316 e. The molecule has 0 radical (unpaired) electrons. The normalized spacial score (nSPS) is 11.2. The first-order valence-electron chi connectivity index (χ1n) is 5.98. The minimum absolute atomic E-state index is 0.848. The van der Waals surface area contributed by atoms with Gasteiger partial charge in [0.25, 0.3) is 0 Å². The van der Waals surface area contributed by atoms with E-state index in [2.05, 4.69) is 41.0 Å². The minimum atomic E-state index is 0.848. The van der Waals surface area contributed by atoms with Crippen LogP contribution in [0.4, 0.5) is 10.9 Å². The van der Waals surface area contributed by atoms with Gasteiger partial charge in [0.15, 0.2) is 5.13 Å². The molecule has 4 nitrogen and oxygen atoms in total. The molecular weight excluding hydrogens is 276 g/mol. The topological polar surface area (TPSA) is 50.7 Å². The fourth-order valence-electron chi connectivity index (χ4n) is 1.90. The van der Waals surface area contributed by atoms with Crippen molar-refractivity contribution in [2.75, 3.05) is 5.32 Å². The van der Waals surface area contributed by atoms with Crippen LogP contribution < -0.4 is 5.32 Å². The van der Waals surface area contributed by atoms with Crippen LogP contribution >= 0.6 is 22.7 Å². The molecule has 0 spiro atoms. The lowest BCUT2D eigenvalue weighted by Crippen LogP contribution is -1.95. The van der Waals surface area contributed by atoms with Crippen molar-refractivity contribution in [1.29, 1.82) is 0 Å². The third-order valence-electron chi connectivity index (χ3n) is 3.22. The molecule has 0 aliphatic carbocycles. The maximum Gasteiger partial charge on any atom is 0.188 e. The second-order valence-electron chi connectivity index (χ2n) is 4.47. The Morgan fingerprint density at radius 1 is 1.00 bits per heavy atom. The van der Waals surface area contributed by atoms with Gasteiger partial charge in [-0.2, -0.15) is 0 Å². The molecule has 0 aromatic carbocycles. The molecular formula is C13H14N4S2. The summed E-state index contributed by atoms with van der Waals surface area (Å²) in [6.07, 6.45) is 1.60. The molecule has 0 saturated carbocycles. The summed E-state index contributed by atoms with van der Waals surface area (Å²) >= 11 is 3.35. The van der Waals surface area contributed by atoms with Gasteiger partial charge in [0, 0.05) is 9.75 Å². The highest BCUT2D eigenvalue weighted by atomic mass is 32.1. The van der Waals surface area contributed by atoms with Crippen LogP contribution in [0.2, 0.25) is 0 Å². The number of anilines is 2. The Kier molecular flexibility index (Phi) is 2.99. The lowest BCUT2D eigenvalue weighted by atomic mass is 10.2. The summed E-state index contributed by atoms with van der Waals surface area (Å²) in [5.41, 5.74) is 2.31. The summed E-state index contributed by atoms with van der Waals surface area (Å²) < 4.78 is 0. The molecule has 0 bridgehead atoms. The van der Waals surface area contributed by atoms with E-state index in [0.29, 0.717) is 0 Å². The second kappa shape index (κ2) is 4.54. The van der Waals surface area contributed by atoms with E-state index in [0.717, 1.165) is 26.9 Å². The van der Waals surface area contributed by atoms with Gasteiger partial charge in [-0.3, -0.25) is 0 Å². The van der Waals surface area contributed by atoms with Crippen molar-refractivity contribution in [3.63, 3.8) is 0 Å². The summed E-state index contributed by atoms with van der Waals surface area (Å²) in [7, 11) is 0. The number of nitrogens with one attached hydrogen (secondary N) is 1. The first-order chi connectivity index (χ1) is 9.06. The van der Waals surface area contributed by atoms with E-state index in [1.54, 1.807) is 29.0 Å². The second-order valence-corrected chi connectivity index (χ2v) is 6.88. The lowest BCUT2D eigenvalue weighted by molar-refractivity contribution is 1.20. The molecule has 6 heteroatoms. The molecule has 3 heterocycles. The number of thiazole rings is 1. The van der Waals surface area contributed by atoms with Crippen molar-refractivity contribution in [2.24, 2.45) is 0 Å². The zero-order chi connectivity index (χ0) is 13.6. The van der Waals surface area contributed by atoms with Crippen LogP contribution in [0.25, 0.3) is 10.2 Å². The highest BCUT2D eigenvalue weighted by molar-refractivity contribution is 7.19. The third kappa shape index (κ3) is 2.11. The van der Waals surface area contributed by atoms with Crippen LogP contribution in [0.5, 0.6) is 0 Å². The molecule has 3 aromatic heterocycles. The van der Waals surface area contributed by atoms with Crippen molar-refractivity contribution < 1.29 is 0 Å². The monoisotopic (exact) mass is 290 g/mol. The van der Waals surface area contributed by atoms with Crippen molar-refractivity contribution in [3.05, 3.63) is 27.3 Å². The van der Waals surface area contributed by atoms with E-state index in [1.807, 2.05) is 6.92 Å². The fraction of sp³-hybridized carbons (Fsp3) is 0.308. The number of nitrogens with zero attached hydrogens (tertiary/aromatic N) is 3. The molecule has 3 aromatic rings. The summed E-state index contributed by atoms with van der Waals surface area (Å²) in [5, 5.41) is 5.32. The molecule has 0 atom stereocenters. The van der Waals surface area contributed by atoms with E-state index in [-0.39, 0.29) is 0 Å². The molecule has 0 aliphatic heterocycles. The van der Waals surface area contributed by atoms with Gasteiger partial charge in [-0.05, 0) is 33.3 Å². The number of aromatic nitrogens is 3. The Morgan fingerprint density at radius 3 is 2.47 bits per heavy atom. The van der Waals surface area contributed by atoms with E-state index in [1.165, 1.54) is 15.3 Å². The Labute approximate surface area is 119 Å². The number of fused-ring (bicyclic) bond motifs is 1. The van der Waals surface area contributed by atoms with E-state index >= 15 is 0 Å². The zero-order valence-electron chi connectivity index (χ0n) is 11.2. The van der Waals surface area contributed by atoms with Crippen LogP contribution in [0.3, 0.4) is 0 Å². The molecule has 0 unspecified atom stereocenters. The Bertz CT molecular complexity index is 738. The Balaban J connectivity index is 2.10. The standard InChI is InChI=1S/C13H14N4S2/c1-6-8(3)18-12-10(6)11(14-5-15-12)17-13-16-7(2)9(4)19-13/h5H,1-4H3,(H,14,15,16,17). The zero-order valence-corrected chi connectivity index (χ0v) is 12.9. The van der Waals surface area contributed by atoms with Gasteiger partial charge < -0.3 is 5.32 Å². The van der Waals surface area contributed by atoms with Crippen molar-refractivity contribution in [3.8, 4) is 0 Å². The number of hydrogen-bond donors (Lipinski definition) is 1. The molecule has 0 fully saturated rings. The van der Waals surface area contributed by atoms with Crippen molar-refractivity contribution in [2.45, 2.75) is 27.7 Å². The third-order valence-corrected chi connectivity index (χ3v) is 5.32. The molecule has 19 heavy (non-hydrogen) atoms. The highest BCUT2D eigenvalue weighted by Crippen LogP contribution is 2.34. The van der Waals surface area contributed by atoms with E-state index < -0.39 is 0 Å². The predicted molar refractivity (Wildman–Crippen MR) is 81.8 cm³/mol. The van der Waals surface area contributed by atoms with Gasteiger partial charge in [0.05, 0.1) is 11.1 Å². The number of thiophene rings is 1. The predicted octanol–water partition coefficient (Wildman–Crippen LogP) is 4.13. The lowest BCUT2D eigenvalue weighted by Gasteiger charge is -2.03. The first kappa shape index (κ1) is 12.5. The summed E-state index contributed by atoms with van der Waals surface area (Å²) in [6, 6.07) is 0. The average Bonchev–Trinajstić information content (AvgIpc) is 2.82. The van der Waals surface area contributed by atoms with Crippen LogP contribution in [0, 0.1) is 27.7 Å². The number of aryl methyl sites for hydroxylation is 4. The molecule has 0 aliphatic rings. The molecule has 98 valence electrons. The first-order valence-corrected chi connectivity index (χ1v) is 7.61. The molecule has 1 N–H and O–H groups in total. The van der Waals surface area contributed by atoms with Crippen molar-refractivity contribution >= 4 is 43.8 Å². The van der Waals surface area contributed by atoms with Gasteiger partial charge in [-0.25, -0.2) is 15.0 Å². The SMILES string of the molecule is Cc1nc(Nc2ncnc3sc(C)c(C)c23)sc1C. The van der Waals surface area contributed by atoms with E-state index in [9.17, 15) is 0 Å².